The highest BCUT2D eigenvalue weighted by atomic mass is 19.4. The van der Waals surface area contributed by atoms with Crippen LogP contribution >= 0.6 is 0 Å². The number of rotatable bonds is 14. The van der Waals surface area contributed by atoms with Crippen molar-refractivity contribution in [2.24, 2.45) is 5.10 Å². The number of hydrogen-bond acceptors (Lipinski definition) is 11. The number of carbonyl (C=O) groups is 1. The molecule has 9 aromatic rings. The smallest absolute Gasteiger partial charge is 0.420 e. The summed E-state index contributed by atoms with van der Waals surface area (Å²) in [4.78, 5) is 26.4. The van der Waals surface area contributed by atoms with E-state index in [4.69, 9.17) is 61.3 Å². The molecule has 0 amide bonds. The highest BCUT2D eigenvalue weighted by Crippen LogP contribution is 2.43. The highest BCUT2D eigenvalue weighted by molar-refractivity contribution is 6.11. The third-order valence-electron chi connectivity index (χ3n) is 16.1. The van der Waals surface area contributed by atoms with Gasteiger partial charge in [0.25, 0.3) is 22.8 Å². The van der Waals surface area contributed by atoms with Gasteiger partial charge >= 0.3 is 18.5 Å². The Bertz CT molecular complexity index is 6290. The van der Waals surface area contributed by atoms with Crippen LogP contribution in [0.2, 0.25) is 0 Å². The standard InChI is InChI=1S/C30H13F7N4O2.C29H16F4N2O3.C26H13F6N3O2/c1-15-6-4-8-17(10-15)43-23-12-19(20(14-38)24-25(31)27(33)29(39-2)28(34)26(24)32)22(13-21(23)41-40-3)42-18-9-5-7-16(11-18)30(35,36)37;1-15-4-8-17(9-5-15)37-22-13-21(36)23(38-18-10-6-16(2)7-11-18)12-19(22)20(14-34)24-25(30)27(32)29(35-3)28(33)26(24)31;1-15-6-4-8-17(10-15)36-22-13-20(24(35-3)26(30,31)32)23(12-19(22)21(14-33)34-2)37-18-9-5-7-16(11-18)25(27,28)29/h4-13H,1H3;4-13H,1-2H3;4-13H,1H3/b20-19+,41-21-;20-19+;21-19-,24-20+. The summed E-state index contributed by atoms with van der Waals surface area (Å²) in [6.07, 6.45) is -10.9. The number of hydrogen-bond donors (Lipinski definition) is 0. The minimum absolute atomic E-state index is 0.164. The summed E-state index contributed by atoms with van der Waals surface area (Å²) in [6, 6.07) is 38.9. The lowest BCUT2D eigenvalue weighted by Crippen LogP contribution is -2.23. The molecule has 9 aromatic carbocycles. The summed E-state index contributed by atoms with van der Waals surface area (Å²) in [6.45, 7) is 42.3. The monoisotopic (exact) mass is 1620 g/mol. The van der Waals surface area contributed by atoms with Crippen LogP contribution in [0.3, 0.4) is 0 Å². The van der Waals surface area contributed by atoms with E-state index >= 15 is 8.78 Å². The molecule has 33 heteroatoms. The zero-order valence-corrected chi connectivity index (χ0v) is 60.1. The maximum Gasteiger partial charge on any atom is 0.420 e. The van der Waals surface area contributed by atoms with E-state index in [9.17, 15) is 86.4 Å². The van der Waals surface area contributed by atoms with Crippen LogP contribution < -0.4 is 38.9 Å². The van der Waals surface area contributed by atoms with Gasteiger partial charge < -0.3 is 28.4 Å². The maximum absolute atomic E-state index is 15.1. The summed E-state index contributed by atoms with van der Waals surface area (Å²) >= 11 is 0. The van der Waals surface area contributed by atoms with Gasteiger partial charge in [0.15, 0.2) is 63.8 Å². The molecule has 16 nitrogen and oxygen atoms in total. The van der Waals surface area contributed by atoms with E-state index in [1.807, 2.05) is 13.8 Å². The van der Waals surface area contributed by atoms with E-state index in [1.165, 1.54) is 18.2 Å². The molecule has 0 bridgehead atoms. The zero-order valence-electron chi connectivity index (χ0n) is 60.1. The molecule has 0 fully saturated rings. The fraction of sp³-hybridized carbons (Fsp3) is 0.0824. The molecule has 0 heterocycles. The minimum atomic E-state index is -5.17. The Hall–Kier alpha value is -16.0. The van der Waals surface area contributed by atoms with Crippen LogP contribution in [0.15, 0.2) is 221 Å². The van der Waals surface area contributed by atoms with E-state index in [-0.39, 0.29) is 62.5 Å². The van der Waals surface area contributed by atoms with Crippen LogP contribution in [0.1, 0.15) is 44.5 Å². The number of benzene rings is 9. The fourth-order valence-corrected chi connectivity index (χ4v) is 10.6. The van der Waals surface area contributed by atoms with E-state index in [0.717, 1.165) is 95.1 Å². The average molecular weight is 1620 g/mol. The molecule has 2 aliphatic rings. The first-order valence-electron chi connectivity index (χ1n) is 32.9. The van der Waals surface area contributed by atoms with Gasteiger partial charge in [-0.1, -0.05) is 71.8 Å². The number of ether oxygens (including phenoxy) is 6. The molecule has 0 saturated carbocycles. The molecule has 0 spiro atoms. The number of halogens is 17. The molecule has 0 atom stereocenters. The fourth-order valence-electron chi connectivity index (χ4n) is 10.6. The third kappa shape index (κ3) is 19.7. The molecule has 2 aliphatic carbocycles. The van der Waals surface area contributed by atoms with Gasteiger partial charge in [-0.15, -0.1) is 4.95 Å². The van der Waals surface area contributed by atoms with Crippen molar-refractivity contribution in [3.63, 3.8) is 0 Å². The number of nitriles is 3. The highest BCUT2D eigenvalue weighted by Gasteiger charge is 2.39. The molecule has 11 rings (SSSR count). The molecule has 0 aliphatic heterocycles. The predicted octanol–water partition coefficient (Wildman–Crippen LogP) is 22.5. The Balaban J connectivity index is 0.000000203. The molecular formula is C85H42F17N9O7. The lowest BCUT2D eigenvalue weighted by molar-refractivity contribution is -0.138. The second kappa shape index (κ2) is 36.2. The second-order valence-corrected chi connectivity index (χ2v) is 24.3. The van der Waals surface area contributed by atoms with Gasteiger partial charge in [0.05, 0.1) is 70.9 Å². The van der Waals surface area contributed by atoms with Gasteiger partial charge in [0.1, 0.15) is 69.7 Å². The summed E-state index contributed by atoms with van der Waals surface area (Å²) in [5, 5.41) is 31.7. The molecule has 0 radical (unpaired) electrons. The first-order valence-corrected chi connectivity index (χ1v) is 32.9. The maximum atomic E-state index is 15.1. The van der Waals surface area contributed by atoms with E-state index in [2.05, 4.69) is 29.4 Å². The molecular weight excluding hydrogens is 1580 g/mol. The lowest BCUT2D eigenvalue weighted by atomic mass is 9.93. The van der Waals surface area contributed by atoms with Crippen molar-refractivity contribution in [2.75, 3.05) is 0 Å². The van der Waals surface area contributed by atoms with Gasteiger partial charge in [-0.05, 0) is 148 Å². The lowest BCUT2D eigenvalue weighted by Gasteiger charge is -2.20. The van der Waals surface area contributed by atoms with Crippen molar-refractivity contribution in [1.29, 1.82) is 15.8 Å². The number of allylic oxidation sites excluding steroid dienone is 6. The second-order valence-electron chi connectivity index (χ2n) is 24.3. The van der Waals surface area contributed by atoms with Crippen molar-refractivity contribution in [3.05, 3.63) is 375 Å². The van der Waals surface area contributed by atoms with E-state index in [1.54, 1.807) is 111 Å². The van der Waals surface area contributed by atoms with E-state index in [0.29, 0.717) is 12.1 Å². The summed E-state index contributed by atoms with van der Waals surface area (Å²) < 4.78 is 273. The molecule has 588 valence electrons. The van der Waals surface area contributed by atoms with Gasteiger partial charge in [0, 0.05) is 33.7 Å². The van der Waals surface area contributed by atoms with Crippen molar-refractivity contribution in [1.82, 2.24) is 0 Å². The van der Waals surface area contributed by atoms with Gasteiger partial charge in [-0.25, -0.2) is 59.8 Å². The van der Waals surface area contributed by atoms with Gasteiger partial charge in [-0.3, -0.25) is 4.79 Å². The van der Waals surface area contributed by atoms with Crippen LogP contribution in [-0.2, 0) is 17.1 Å². The SMILES string of the molecule is [C-]#[N+]/C(C#N)=c1/cc(Oc2cccc(C(F)(F)F)c2)/c(=C(/[N+]#[C-])C(F)(F)F)cc1Oc1cccc(C)c1.[C-]#[N+]/N=C1C=C(Oc2cccc(C(F)(F)F)c2)/C(=C(\C#N)c2c(F)c(F)c([N+]#[C-])c(F)c2F)C=C/1Oc1cccc(C)c1.[C-]#[N+]c1c(F)c(F)c(/C(C#N)=C2\C=C(Oc3ccc(C)cc3)C(=O)C=C2Oc2ccc(C)cc2)c(F)c1F. The summed E-state index contributed by atoms with van der Waals surface area (Å²) in [5.74, 6) is -19.6. The molecule has 0 unspecified atom stereocenters. The van der Waals surface area contributed by atoms with E-state index < -0.39 is 161 Å². The summed E-state index contributed by atoms with van der Waals surface area (Å²) in [7, 11) is 0. The Morgan fingerprint density at radius 3 is 1.15 bits per heavy atom. The van der Waals surface area contributed by atoms with Crippen molar-refractivity contribution in [2.45, 2.75) is 46.2 Å². The largest absolute Gasteiger partial charge is 0.458 e. The quantitative estimate of drug-likeness (QED) is 0.0334. The van der Waals surface area contributed by atoms with Crippen molar-refractivity contribution < 1.29 is 108 Å². The van der Waals surface area contributed by atoms with Crippen LogP contribution in [0.4, 0.5) is 86.0 Å². The first kappa shape index (κ1) is 86.0. The number of alkyl halides is 9. The van der Waals surface area contributed by atoms with Gasteiger partial charge in [-0.2, -0.15) is 56.6 Å². The van der Waals surface area contributed by atoms with Crippen LogP contribution in [0.25, 0.3) is 46.9 Å². The normalized spacial score (nSPS) is 14.1. The van der Waals surface area contributed by atoms with Crippen LogP contribution in [-0.4, -0.2) is 17.7 Å². The number of ketones is 1. The summed E-state index contributed by atoms with van der Waals surface area (Å²) in [5.41, 5.74) is -10.5. The Labute approximate surface area is 656 Å². The first-order chi connectivity index (χ1) is 55.9. The molecule has 0 saturated heterocycles. The minimum Gasteiger partial charge on any atom is -0.458 e. The Morgan fingerprint density at radius 1 is 0.390 bits per heavy atom. The molecule has 118 heavy (non-hydrogen) atoms. The molecule has 0 N–H and O–H groups in total. The van der Waals surface area contributed by atoms with Crippen molar-refractivity contribution in [3.8, 4) is 64.2 Å². The van der Waals surface area contributed by atoms with Crippen molar-refractivity contribution >= 4 is 45.4 Å². The number of aryl methyl sites for hydroxylation is 4. The van der Waals surface area contributed by atoms with Crippen LogP contribution in [0, 0.1) is 141 Å². The predicted molar refractivity (Wildman–Crippen MR) is 389 cm³/mol. The number of nitrogens with zero attached hydrogens (tertiary/aromatic N) is 9. The zero-order chi connectivity index (χ0) is 86.4. The van der Waals surface area contributed by atoms with Gasteiger partial charge in [0.2, 0.25) is 5.78 Å². The average Bonchev–Trinajstić information content (AvgIpc) is 0.767. The Morgan fingerprint density at radius 2 is 0.763 bits per heavy atom. The third-order valence-corrected chi connectivity index (χ3v) is 16.1. The molecule has 0 aromatic heterocycles. The van der Waals surface area contributed by atoms with Crippen LogP contribution in [0.5, 0.6) is 46.0 Å². The topological polar surface area (TPSA) is 178 Å². The number of carbonyl (C=O) groups excluding carboxylic acids is 1. The Kier molecular flexibility index (Phi) is 26.4.